The molecule has 4 rings (SSSR count). The Morgan fingerprint density at radius 1 is 1.23 bits per heavy atom. The van der Waals surface area contributed by atoms with Crippen LogP contribution in [0.2, 0.25) is 0 Å². The fraction of sp³-hybridized carbons (Fsp3) is 0.353. The van der Waals surface area contributed by atoms with Gasteiger partial charge in [-0.05, 0) is 75.9 Å². The van der Waals surface area contributed by atoms with Gasteiger partial charge in [0.15, 0.2) is 0 Å². The van der Waals surface area contributed by atoms with Gasteiger partial charge in [0.05, 0.1) is 23.2 Å². The summed E-state index contributed by atoms with van der Waals surface area (Å²) >= 11 is 0. The molecule has 39 heavy (non-hydrogen) atoms. The van der Waals surface area contributed by atoms with Crippen molar-refractivity contribution in [3.8, 4) is 23.6 Å². The van der Waals surface area contributed by atoms with Crippen molar-refractivity contribution in [2.75, 3.05) is 13.1 Å². The Hall–Kier alpha value is -3.88. The fourth-order valence-corrected chi connectivity index (χ4v) is 5.19. The molecule has 5 nitrogen and oxygen atoms in total. The normalized spacial score (nSPS) is 16.0. The lowest BCUT2D eigenvalue weighted by Gasteiger charge is -2.26. The van der Waals surface area contributed by atoms with Gasteiger partial charge in [-0.15, -0.1) is 6.42 Å². The molecule has 1 unspecified atom stereocenters. The van der Waals surface area contributed by atoms with Crippen LogP contribution in [-0.2, 0) is 0 Å². The summed E-state index contributed by atoms with van der Waals surface area (Å²) in [6, 6.07) is 6.40. The Bertz CT molecular complexity index is 1440. The van der Waals surface area contributed by atoms with Gasteiger partial charge in [-0.25, -0.2) is 4.98 Å². The largest absolute Gasteiger partial charge is 0.359 e. The van der Waals surface area contributed by atoms with Crippen LogP contribution in [0.4, 0.5) is 0 Å². The molecule has 0 spiro atoms. The summed E-state index contributed by atoms with van der Waals surface area (Å²) in [6.45, 7) is 15.0. The number of hydrogen-bond acceptors (Lipinski definition) is 4. The van der Waals surface area contributed by atoms with E-state index in [9.17, 15) is 0 Å². The molecule has 3 N–H and O–H groups in total. The molecule has 1 fully saturated rings. The molecule has 3 aromatic rings. The molecule has 0 amide bonds. The standard InChI is InChI=1S/C34H41N5/c1-7-10-11-13-28(23(4)9-3)34-33(37-22-38-34)27-14-15-31-29(20-27)24(5)30(21-36-31)32(12-8-2)39-25(6)26-16-18-35-19-17-26/h3,10-15,20-23,26,35,39H,6-8,16-19H2,1-2,4-5H3,(H,37,38)/b11-10-,28-13+,32-12-. The lowest BCUT2D eigenvalue weighted by molar-refractivity contribution is 0.411. The van der Waals surface area contributed by atoms with E-state index in [2.05, 4.69) is 96.4 Å². The molecule has 5 heteroatoms. The van der Waals surface area contributed by atoms with Crippen LogP contribution >= 0.6 is 0 Å². The average Bonchev–Trinajstić information content (AvgIpc) is 3.45. The van der Waals surface area contributed by atoms with Crippen LogP contribution in [0.25, 0.3) is 33.4 Å². The second kappa shape index (κ2) is 13.3. The molecule has 2 aromatic heterocycles. The summed E-state index contributed by atoms with van der Waals surface area (Å²) in [5.41, 5.74) is 9.35. The van der Waals surface area contributed by atoms with Crippen molar-refractivity contribution < 1.29 is 0 Å². The third kappa shape index (κ3) is 6.41. The zero-order chi connectivity index (χ0) is 27.8. The van der Waals surface area contributed by atoms with Crippen LogP contribution in [0, 0.1) is 31.1 Å². The third-order valence-corrected chi connectivity index (χ3v) is 7.53. The lowest BCUT2D eigenvalue weighted by atomic mass is 9.93. The minimum absolute atomic E-state index is 0.0649. The molecule has 1 atom stereocenters. The predicted octanol–water partition coefficient (Wildman–Crippen LogP) is 7.41. The van der Waals surface area contributed by atoms with Crippen LogP contribution in [0.5, 0.6) is 0 Å². The maximum atomic E-state index is 5.84. The van der Waals surface area contributed by atoms with Crippen LogP contribution < -0.4 is 10.6 Å². The topological polar surface area (TPSA) is 65.6 Å². The van der Waals surface area contributed by atoms with E-state index >= 15 is 0 Å². The van der Waals surface area contributed by atoms with E-state index in [1.54, 1.807) is 6.33 Å². The molecule has 0 aliphatic carbocycles. The van der Waals surface area contributed by atoms with E-state index in [1.807, 2.05) is 13.1 Å². The number of allylic oxidation sites excluding steroid dienone is 6. The number of nitrogens with zero attached hydrogens (tertiary/aromatic N) is 2. The van der Waals surface area contributed by atoms with Crippen LogP contribution in [-0.4, -0.2) is 28.0 Å². The van der Waals surface area contributed by atoms with Crippen LogP contribution in [0.1, 0.15) is 63.3 Å². The van der Waals surface area contributed by atoms with Gasteiger partial charge < -0.3 is 15.6 Å². The summed E-state index contributed by atoms with van der Waals surface area (Å²) in [5.74, 6) is 3.29. The Kier molecular flexibility index (Phi) is 9.57. The number of aromatic amines is 1. The summed E-state index contributed by atoms with van der Waals surface area (Å²) < 4.78 is 0. The number of piperidine rings is 1. The van der Waals surface area contributed by atoms with Crippen LogP contribution in [0.15, 0.2) is 67.3 Å². The highest BCUT2D eigenvalue weighted by molar-refractivity contribution is 5.91. The highest BCUT2D eigenvalue weighted by atomic mass is 14.9. The molecule has 0 saturated carbocycles. The summed E-state index contributed by atoms with van der Waals surface area (Å²) in [6.07, 6.45) is 22.2. The van der Waals surface area contributed by atoms with Gasteiger partial charge in [-0.3, -0.25) is 4.98 Å². The smallest absolute Gasteiger partial charge is 0.0933 e. The maximum Gasteiger partial charge on any atom is 0.0933 e. The predicted molar refractivity (Wildman–Crippen MR) is 166 cm³/mol. The number of imidazole rings is 1. The van der Waals surface area contributed by atoms with Gasteiger partial charge in [-0.1, -0.05) is 56.7 Å². The van der Waals surface area contributed by atoms with Crippen molar-refractivity contribution in [1.82, 2.24) is 25.6 Å². The van der Waals surface area contributed by atoms with E-state index < -0.39 is 0 Å². The first-order valence-corrected chi connectivity index (χ1v) is 14.1. The third-order valence-electron chi connectivity index (χ3n) is 7.53. The van der Waals surface area contributed by atoms with Crippen molar-refractivity contribution in [3.63, 3.8) is 0 Å². The van der Waals surface area contributed by atoms with E-state index in [0.29, 0.717) is 5.92 Å². The summed E-state index contributed by atoms with van der Waals surface area (Å²) in [5, 5.41) is 8.22. The van der Waals surface area contributed by atoms with Gasteiger partial charge in [0.2, 0.25) is 0 Å². The summed E-state index contributed by atoms with van der Waals surface area (Å²) in [7, 11) is 0. The van der Waals surface area contributed by atoms with Crippen molar-refractivity contribution in [2.24, 2.45) is 11.8 Å². The molecular weight excluding hydrogens is 478 g/mol. The quantitative estimate of drug-likeness (QED) is 0.193. The Labute approximate surface area is 233 Å². The fourth-order valence-electron chi connectivity index (χ4n) is 5.19. The minimum atomic E-state index is -0.0649. The van der Waals surface area contributed by atoms with Gasteiger partial charge in [0, 0.05) is 45.9 Å². The Balaban J connectivity index is 1.73. The van der Waals surface area contributed by atoms with Crippen molar-refractivity contribution in [3.05, 3.63) is 84.1 Å². The number of benzene rings is 1. The first-order valence-electron chi connectivity index (χ1n) is 14.1. The van der Waals surface area contributed by atoms with Crippen molar-refractivity contribution >= 4 is 22.2 Å². The van der Waals surface area contributed by atoms with Gasteiger partial charge >= 0.3 is 0 Å². The molecule has 0 bridgehead atoms. The Morgan fingerprint density at radius 3 is 2.74 bits per heavy atom. The number of pyridine rings is 1. The number of nitrogens with one attached hydrogen (secondary N) is 3. The van der Waals surface area contributed by atoms with E-state index in [0.717, 1.165) is 89.2 Å². The minimum Gasteiger partial charge on any atom is -0.359 e. The number of hydrogen-bond donors (Lipinski definition) is 3. The second-order valence-electron chi connectivity index (χ2n) is 10.2. The maximum absolute atomic E-state index is 5.84. The molecule has 0 radical (unpaired) electrons. The molecule has 1 aliphatic heterocycles. The second-order valence-corrected chi connectivity index (χ2v) is 10.2. The number of terminal acetylenes is 1. The number of rotatable bonds is 10. The van der Waals surface area contributed by atoms with Gasteiger partial charge in [-0.2, -0.15) is 0 Å². The number of aromatic nitrogens is 3. The lowest BCUT2D eigenvalue weighted by Crippen LogP contribution is -2.31. The summed E-state index contributed by atoms with van der Waals surface area (Å²) in [4.78, 5) is 12.9. The monoisotopic (exact) mass is 519 g/mol. The van der Waals surface area contributed by atoms with E-state index in [-0.39, 0.29) is 5.92 Å². The van der Waals surface area contributed by atoms with Crippen molar-refractivity contribution in [1.29, 1.82) is 0 Å². The molecular formula is C34H41N5. The number of H-pyrrole nitrogens is 1. The molecule has 202 valence electrons. The SMILES string of the molecule is C#CC(C)/C(=C\C=C/CC)c1nc[nH]c1-c1ccc2ncc(/C(=C/CC)NC(=C)C3CCNCC3)c(C)c2c1. The highest BCUT2D eigenvalue weighted by Crippen LogP contribution is 2.34. The molecule has 1 aliphatic rings. The van der Waals surface area contributed by atoms with E-state index in [1.165, 1.54) is 5.56 Å². The van der Waals surface area contributed by atoms with Crippen molar-refractivity contribution in [2.45, 2.75) is 53.4 Å². The van der Waals surface area contributed by atoms with Gasteiger partial charge in [0.25, 0.3) is 0 Å². The zero-order valence-corrected chi connectivity index (χ0v) is 23.8. The number of fused-ring (bicyclic) bond motifs is 1. The molecule has 1 saturated heterocycles. The van der Waals surface area contributed by atoms with Gasteiger partial charge in [0.1, 0.15) is 0 Å². The first kappa shape index (κ1) is 28.1. The molecule has 1 aromatic carbocycles. The van der Waals surface area contributed by atoms with Crippen LogP contribution in [0.3, 0.4) is 0 Å². The Morgan fingerprint density at radius 2 is 2.03 bits per heavy atom. The van der Waals surface area contributed by atoms with E-state index in [4.69, 9.17) is 11.4 Å². The number of aryl methyl sites for hydroxylation is 1. The molecule has 3 heterocycles. The first-order chi connectivity index (χ1) is 19.0. The average molecular weight is 520 g/mol. The zero-order valence-electron chi connectivity index (χ0n) is 23.8. The highest BCUT2D eigenvalue weighted by Gasteiger charge is 2.20.